The monoisotopic (exact) mass is 260 g/mol. The van der Waals surface area contributed by atoms with Crippen LogP contribution >= 0.6 is 0 Å². The molecule has 18 heavy (non-hydrogen) atoms. The third kappa shape index (κ3) is 4.64. The summed E-state index contributed by atoms with van der Waals surface area (Å²) >= 11 is 0. The normalized spacial score (nSPS) is 11.2. The van der Waals surface area contributed by atoms with Gasteiger partial charge in [-0.05, 0) is 0 Å². The topological polar surface area (TPSA) is 127 Å². The minimum atomic E-state index is -1.61. The number of hydrogen-bond donors (Lipinski definition) is 2. The summed E-state index contributed by atoms with van der Waals surface area (Å²) in [5, 5.41) is 17.7. The molecule has 0 amide bonds. The Hall–Kier alpha value is -2.38. The van der Waals surface area contributed by atoms with E-state index in [2.05, 4.69) is 9.47 Å². The first kappa shape index (κ1) is 15.6. The molecule has 0 aromatic carbocycles. The van der Waals surface area contributed by atoms with Gasteiger partial charge in [-0.25, -0.2) is 9.59 Å². The number of ether oxygens (including phenoxy) is 2. The summed E-state index contributed by atoms with van der Waals surface area (Å²) in [7, 11) is 2.06. The van der Waals surface area contributed by atoms with Crippen molar-refractivity contribution in [1.29, 1.82) is 0 Å². The van der Waals surface area contributed by atoms with Crippen LogP contribution in [0.25, 0.3) is 0 Å². The van der Waals surface area contributed by atoms with Crippen LogP contribution in [0.3, 0.4) is 0 Å². The van der Waals surface area contributed by atoms with Gasteiger partial charge < -0.3 is 19.7 Å². The number of esters is 2. The minimum absolute atomic E-state index is 0.709. The highest BCUT2D eigenvalue weighted by atomic mass is 16.5. The Morgan fingerprint density at radius 1 is 0.778 bits per heavy atom. The van der Waals surface area contributed by atoms with Crippen molar-refractivity contribution in [1.82, 2.24) is 0 Å². The summed E-state index contributed by atoms with van der Waals surface area (Å²) in [6.07, 6.45) is -1.49. The van der Waals surface area contributed by atoms with Gasteiger partial charge in [0.2, 0.25) is 0 Å². The Balaban J connectivity index is 5.43. The molecule has 0 aliphatic rings. The summed E-state index contributed by atoms with van der Waals surface area (Å²) in [5.41, 5.74) is -1.42. The number of aliphatic carboxylic acids is 2. The summed E-state index contributed by atoms with van der Waals surface area (Å²) in [6, 6.07) is 0. The van der Waals surface area contributed by atoms with E-state index in [1.54, 1.807) is 0 Å². The van der Waals surface area contributed by atoms with Gasteiger partial charge in [-0.15, -0.1) is 0 Å². The van der Waals surface area contributed by atoms with Gasteiger partial charge in [0.1, 0.15) is 0 Å². The maximum absolute atomic E-state index is 11.0. The first-order valence-corrected chi connectivity index (χ1v) is 4.65. The number of rotatable bonds is 6. The lowest BCUT2D eigenvalue weighted by Crippen LogP contribution is -2.18. The van der Waals surface area contributed by atoms with Gasteiger partial charge in [-0.2, -0.15) is 0 Å². The molecule has 8 nitrogen and oxygen atoms in total. The summed E-state index contributed by atoms with van der Waals surface area (Å²) in [6.45, 7) is 0. The van der Waals surface area contributed by atoms with Crippen LogP contribution in [0.1, 0.15) is 12.8 Å². The van der Waals surface area contributed by atoms with Crippen molar-refractivity contribution in [2.75, 3.05) is 14.2 Å². The van der Waals surface area contributed by atoms with Crippen molar-refractivity contribution >= 4 is 23.9 Å². The predicted octanol–water partition coefficient (Wildman–Crippen LogP) is -0.422. The van der Waals surface area contributed by atoms with Crippen LogP contribution in [-0.4, -0.2) is 48.3 Å². The minimum Gasteiger partial charge on any atom is -0.478 e. The average molecular weight is 260 g/mol. The fourth-order valence-corrected chi connectivity index (χ4v) is 1.06. The molecular weight excluding hydrogens is 248 g/mol. The lowest BCUT2D eigenvalue weighted by atomic mass is 10.0. The van der Waals surface area contributed by atoms with Crippen LogP contribution in [0.5, 0.6) is 0 Å². The smallest absolute Gasteiger partial charge is 0.332 e. The van der Waals surface area contributed by atoms with Gasteiger partial charge in [0.05, 0.1) is 38.2 Å². The molecule has 100 valence electrons. The number of carboxylic acid groups (broad SMARTS) is 2. The first-order valence-electron chi connectivity index (χ1n) is 4.65. The van der Waals surface area contributed by atoms with E-state index in [4.69, 9.17) is 10.2 Å². The van der Waals surface area contributed by atoms with E-state index < -0.39 is 47.9 Å². The molecule has 0 saturated carbocycles. The Bertz CT molecular complexity index is 368. The standard InChI is InChI=1S/C10H12O8/c1-17-7(11)3-5(9(13)14)6(10(15)16)4-8(12)18-2/h3-4H2,1-2H3,(H,13,14)(H,15,16)/b6-5+. The van der Waals surface area contributed by atoms with Gasteiger partial charge in [0.25, 0.3) is 0 Å². The molecule has 8 heteroatoms. The Labute approximate surface area is 102 Å². The third-order valence-electron chi connectivity index (χ3n) is 1.98. The highest BCUT2D eigenvalue weighted by Gasteiger charge is 2.25. The Morgan fingerprint density at radius 3 is 1.22 bits per heavy atom. The van der Waals surface area contributed by atoms with Crippen molar-refractivity contribution in [3.05, 3.63) is 11.1 Å². The van der Waals surface area contributed by atoms with Crippen LogP contribution in [-0.2, 0) is 28.7 Å². The predicted molar refractivity (Wildman–Crippen MR) is 55.6 cm³/mol. The van der Waals surface area contributed by atoms with Crippen LogP contribution in [0.15, 0.2) is 11.1 Å². The Kier molecular flexibility index (Phi) is 6.11. The van der Waals surface area contributed by atoms with Crippen molar-refractivity contribution in [2.45, 2.75) is 12.8 Å². The molecule has 0 unspecified atom stereocenters. The van der Waals surface area contributed by atoms with Gasteiger partial charge in [0, 0.05) is 0 Å². The molecule has 0 atom stereocenters. The molecule has 0 aromatic rings. The zero-order chi connectivity index (χ0) is 14.3. The van der Waals surface area contributed by atoms with E-state index in [0.29, 0.717) is 0 Å². The van der Waals surface area contributed by atoms with E-state index in [-0.39, 0.29) is 0 Å². The first-order chi connectivity index (χ1) is 8.33. The highest BCUT2D eigenvalue weighted by Crippen LogP contribution is 2.15. The summed E-state index contributed by atoms with van der Waals surface area (Å²) in [4.78, 5) is 43.7. The van der Waals surface area contributed by atoms with Gasteiger partial charge in [-0.1, -0.05) is 0 Å². The SMILES string of the molecule is COC(=O)C/C(C(=O)O)=C(/CC(=O)OC)C(=O)O. The van der Waals surface area contributed by atoms with Crippen molar-refractivity contribution in [3.63, 3.8) is 0 Å². The molecular formula is C10H12O8. The third-order valence-corrected chi connectivity index (χ3v) is 1.98. The van der Waals surface area contributed by atoms with Crippen LogP contribution < -0.4 is 0 Å². The molecule has 0 saturated heterocycles. The van der Waals surface area contributed by atoms with E-state index in [9.17, 15) is 19.2 Å². The van der Waals surface area contributed by atoms with Crippen molar-refractivity contribution in [2.24, 2.45) is 0 Å². The molecule has 0 aromatic heterocycles. The number of carbonyl (C=O) groups excluding carboxylic acids is 2. The van der Waals surface area contributed by atoms with Gasteiger partial charge in [0.15, 0.2) is 0 Å². The molecule has 0 aliphatic carbocycles. The molecule has 0 bridgehead atoms. The largest absolute Gasteiger partial charge is 0.478 e. The van der Waals surface area contributed by atoms with Crippen LogP contribution in [0, 0.1) is 0 Å². The van der Waals surface area contributed by atoms with E-state index in [1.807, 2.05) is 0 Å². The lowest BCUT2D eigenvalue weighted by Gasteiger charge is -2.07. The fraction of sp³-hybridized carbons (Fsp3) is 0.400. The van der Waals surface area contributed by atoms with Crippen molar-refractivity contribution in [3.8, 4) is 0 Å². The fourth-order valence-electron chi connectivity index (χ4n) is 1.06. The maximum Gasteiger partial charge on any atom is 0.332 e. The highest BCUT2D eigenvalue weighted by molar-refractivity contribution is 6.03. The number of methoxy groups -OCH3 is 2. The zero-order valence-corrected chi connectivity index (χ0v) is 9.76. The van der Waals surface area contributed by atoms with Gasteiger partial charge >= 0.3 is 23.9 Å². The Morgan fingerprint density at radius 2 is 1.06 bits per heavy atom. The van der Waals surface area contributed by atoms with E-state index in [0.717, 1.165) is 14.2 Å². The molecule has 0 radical (unpaired) electrons. The zero-order valence-electron chi connectivity index (χ0n) is 9.76. The molecule has 2 N–H and O–H groups in total. The molecule has 0 rings (SSSR count). The van der Waals surface area contributed by atoms with E-state index >= 15 is 0 Å². The second kappa shape index (κ2) is 7.05. The number of carbonyl (C=O) groups is 4. The second-order valence-electron chi connectivity index (χ2n) is 3.07. The van der Waals surface area contributed by atoms with E-state index in [1.165, 1.54) is 0 Å². The summed E-state index contributed by atoms with van der Waals surface area (Å²) in [5.74, 6) is -5.06. The molecule has 0 heterocycles. The molecule has 0 spiro atoms. The average Bonchev–Trinajstić information content (AvgIpc) is 2.31. The quantitative estimate of drug-likeness (QED) is 0.486. The second-order valence-corrected chi connectivity index (χ2v) is 3.07. The van der Waals surface area contributed by atoms with Crippen LogP contribution in [0.4, 0.5) is 0 Å². The maximum atomic E-state index is 11.0. The molecule has 0 aliphatic heterocycles. The lowest BCUT2D eigenvalue weighted by molar-refractivity contribution is -0.144. The number of hydrogen-bond acceptors (Lipinski definition) is 6. The summed E-state index contributed by atoms with van der Waals surface area (Å²) < 4.78 is 8.49. The number of carboxylic acids is 2. The van der Waals surface area contributed by atoms with Gasteiger partial charge in [-0.3, -0.25) is 9.59 Å². The molecule has 0 fully saturated rings. The van der Waals surface area contributed by atoms with Crippen molar-refractivity contribution < 1.29 is 38.9 Å². The van der Waals surface area contributed by atoms with Crippen LogP contribution in [0.2, 0.25) is 0 Å².